The van der Waals surface area contributed by atoms with Crippen LogP contribution in [0.3, 0.4) is 0 Å². The van der Waals surface area contributed by atoms with Crippen LogP contribution in [0.5, 0.6) is 0 Å². The second-order valence-electron chi connectivity index (χ2n) is 5.04. The first-order valence-electron chi connectivity index (χ1n) is 6.80. The molecule has 3 aromatic rings. The Kier molecular flexibility index (Phi) is 3.37. The molecule has 0 N–H and O–H groups in total. The predicted molar refractivity (Wildman–Crippen MR) is 78.5 cm³/mol. The highest BCUT2D eigenvalue weighted by atomic mass is 15.1. The van der Waals surface area contributed by atoms with Crippen molar-refractivity contribution in [1.29, 1.82) is 0 Å². The summed E-state index contributed by atoms with van der Waals surface area (Å²) in [6, 6.07) is 9.27. The van der Waals surface area contributed by atoms with E-state index >= 15 is 0 Å². The van der Waals surface area contributed by atoms with Crippen molar-refractivity contribution in [3.8, 4) is 0 Å². The van der Waals surface area contributed by atoms with E-state index in [0.29, 0.717) is 0 Å². The second kappa shape index (κ2) is 5.33. The van der Waals surface area contributed by atoms with Crippen molar-refractivity contribution in [2.75, 3.05) is 0 Å². The quantitative estimate of drug-likeness (QED) is 0.726. The molecule has 0 radical (unpaired) electrons. The smallest absolute Gasteiger partial charge is 0.0951 e. The first-order valence-corrected chi connectivity index (χ1v) is 6.80. The van der Waals surface area contributed by atoms with E-state index in [0.717, 1.165) is 0 Å². The van der Waals surface area contributed by atoms with Gasteiger partial charge in [0.05, 0.1) is 24.7 Å². The SMILES string of the molecule is CC(c1cccc(C(C)n2ccnc2)c1)n1ccnc1. The predicted octanol–water partition coefficient (Wildman–Crippen LogP) is 3.30. The van der Waals surface area contributed by atoms with Gasteiger partial charge in [0.15, 0.2) is 0 Å². The van der Waals surface area contributed by atoms with Crippen LogP contribution < -0.4 is 0 Å². The van der Waals surface area contributed by atoms with Crippen LogP contribution in [0.4, 0.5) is 0 Å². The van der Waals surface area contributed by atoms with Gasteiger partial charge < -0.3 is 9.13 Å². The highest BCUT2D eigenvalue weighted by Crippen LogP contribution is 2.23. The van der Waals surface area contributed by atoms with Crippen molar-refractivity contribution in [1.82, 2.24) is 19.1 Å². The molecule has 3 rings (SSSR count). The molecule has 20 heavy (non-hydrogen) atoms. The summed E-state index contributed by atoms with van der Waals surface area (Å²) in [6.07, 6.45) is 11.3. The van der Waals surface area contributed by atoms with Crippen LogP contribution in [-0.4, -0.2) is 19.1 Å². The van der Waals surface area contributed by atoms with Crippen LogP contribution in [-0.2, 0) is 0 Å². The minimum Gasteiger partial charge on any atom is -0.330 e. The molecule has 0 aliphatic rings. The zero-order valence-corrected chi connectivity index (χ0v) is 11.7. The molecule has 2 aromatic heterocycles. The summed E-state index contributed by atoms with van der Waals surface area (Å²) in [7, 11) is 0. The Morgan fingerprint density at radius 1 is 0.850 bits per heavy atom. The van der Waals surface area contributed by atoms with Crippen LogP contribution in [0.2, 0.25) is 0 Å². The topological polar surface area (TPSA) is 35.6 Å². The maximum absolute atomic E-state index is 4.12. The summed E-state index contributed by atoms with van der Waals surface area (Å²) >= 11 is 0. The normalized spacial score (nSPS) is 14.1. The molecule has 0 bridgehead atoms. The largest absolute Gasteiger partial charge is 0.330 e. The molecular weight excluding hydrogens is 248 g/mol. The van der Waals surface area contributed by atoms with E-state index in [9.17, 15) is 0 Å². The average Bonchev–Trinajstić information content (AvgIpc) is 3.18. The molecular formula is C16H18N4. The lowest BCUT2D eigenvalue weighted by molar-refractivity contribution is 0.620. The Hall–Kier alpha value is -2.36. The summed E-state index contributed by atoms with van der Waals surface area (Å²) in [5.74, 6) is 0. The first kappa shape index (κ1) is 12.7. The standard InChI is InChI=1S/C16H18N4/c1-13(19-8-6-17-11-19)15-4-3-5-16(10-15)14(2)20-9-7-18-12-20/h3-14H,1-2H3. The first-order chi connectivity index (χ1) is 9.75. The molecule has 2 unspecified atom stereocenters. The third kappa shape index (κ3) is 2.37. The van der Waals surface area contributed by atoms with Gasteiger partial charge in [-0.1, -0.05) is 24.3 Å². The fourth-order valence-electron chi connectivity index (χ4n) is 2.42. The van der Waals surface area contributed by atoms with E-state index in [1.807, 2.05) is 37.4 Å². The van der Waals surface area contributed by atoms with Crippen molar-refractivity contribution in [2.45, 2.75) is 25.9 Å². The zero-order valence-electron chi connectivity index (χ0n) is 11.7. The maximum atomic E-state index is 4.12. The van der Waals surface area contributed by atoms with Crippen molar-refractivity contribution in [2.24, 2.45) is 0 Å². The summed E-state index contributed by atoms with van der Waals surface area (Å²) in [6.45, 7) is 4.37. The molecule has 2 heterocycles. The van der Waals surface area contributed by atoms with Gasteiger partial charge in [0.25, 0.3) is 0 Å². The molecule has 1 aromatic carbocycles. The Bertz CT molecular complexity index is 600. The Balaban J connectivity index is 1.90. The number of rotatable bonds is 4. The number of aromatic nitrogens is 4. The highest BCUT2D eigenvalue weighted by molar-refractivity contribution is 5.28. The van der Waals surface area contributed by atoms with Crippen molar-refractivity contribution >= 4 is 0 Å². The fourth-order valence-corrected chi connectivity index (χ4v) is 2.42. The van der Waals surface area contributed by atoms with Crippen LogP contribution in [0.25, 0.3) is 0 Å². The maximum Gasteiger partial charge on any atom is 0.0951 e. The van der Waals surface area contributed by atoms with E-state index in [1.54, 1.807) is 0 Å². The number of hydrogen-bond donors (Lipinski definition) is 0. The molecule has 4 heteroatoms. The van der Waals surface area contributed by atoms with Crippen LogP contribution in [0.1, 0.15) is 37.1 Å². The molecule has 102 valence electrons. The van der Waals surface area contributed by atoms with Crippen LogP contribution >= 0.6 is 0 Å². The summed E-state index contributed by atoms with van der Waals surface area (Å²) < 4.78 is 4.22. The second-order valence-corrected chi connectivity index (χ2v) is 5.04. The molecule has 0 aliphatic carbocycles. The highest BCUT2D eigenvalue weighted by Gasteiger charge is 2.11. The van der Waals surface area contributed by atoms with E-state index in [-0.39, 0.29) is 12.1 Å². The summed E-state index contributed by atoms with van der Waals surface area (Å²) in [5, 5.41) is 0. The molecule has 0 aliphatic heterocycles. The van der Waals surface area contributed by atoms with Gasteiger partial charge in [-0.05, 0) is 25.0 Å². The number of benzene rings is 1. The Morgan fingerprint density at radius 3 is 1.75 bits per heavy atom. The number of hydrogen-bond acceptors (Lipinski definition) is 2. The zero-order chi connectivity index (χ0) is 13.9. The summed E-state index contributed by atoms with van der Waals surface area (Å²) in [5.41, 5.74) is 2.57. The molecule has 0 fully saturated rings. The van der Waals surface area contributed by atoms with Gasteiger partial charge in [-0.25, -0.2) is 9.97 Å². The summed E-state index contributed by atoms with van der Waals surface area (Å²) in [4.78, 5) is 8.24. The lowest BCUT2D eigenvalue weighted by Gasteiger charge is -2.18. The van der Waals surface area contributed by atoms with Gasteiger partial charge in [0.1, 0.15) is 0 Å². The van der Waals surface area contributed by atoms with Crippen molar-refractivity contribution < 1.29 is 0 Å². The van der Waals surface area contributed by atoms with Gasteiger partial charge in [-0.2, -0.15) is 0 Å². The molecule has 0 amide bonds. The average molecular weight is 266 g/mol. The van der Waals surface area contributed by atoms with Gasteiger partial charge in [-0.15, -0.1) is 0 Å². The number of nitrogens with zero attached hydrogens (tertiary/aromatic N) is 4. The lowest BCUT2D eigenvalue weighted by Crippen LogP contribution is -2.08. The van der Waals surface area contributed by atoms with Gasteiger partial charge >= 0.3 is 0 Å². The van der Waals surface area contributed by atoms with Gasteiger partial charge in [-0.3, -0.25) is 0 Å². The van der Waals surface area contributed by atoms with Crippen molar-refractivity contribution in [3.05, 3.63) is 72.8 Å². The third-order valence-corrected chi connectivity index (χ3v) is 3.82. The molecule has 0 saturated heterocycles. The fraction of sp³-hybridized carbons (Fsp3) is 0.250. The molecule has 0 saturated carbocycles. The minimum atomic E-state index is 0.285. The van der Waals surface area contributed by atoms with E-state index in [2.05, 4.69) is 57.2 Å². The minimum absolute atomic E-state index is 0.285. The van der Waals surface area contributed by atoms with Gasteiger partial charge in [0, 0.05) is 24.8 Å². The van der Waals surface area contributed by atoms with Crippen LogP contribution in [0.15, 0.2) is 61.7 Å². The Labute approximate surface area is 118 Å². The molecule has 0 spiro atoms. The van der Waals surface area contributed by atoms with Gasteiger partial charge in [0.2, 0.25) is 0 Å². The van der Waals surface area contributed by atoms with Crippen molar-refractivity contribution in [3.63, 3.8) is 0 Å². The Morgan fingerprint density at radius 2 is 1.35 bits per heavy atom. The monoisotopic (exact) mass is 266 g/mol. The number of imidazole rings is 2. The van der Waals surface area contributed by atoms with E-state index < -0.39 is 0 Å². The third-order valence-electron chi connectivity index (χ3n) is 3.82. The molecule has 4 nitrogen and oxygen atoms in total. The lowest BCUT2D eigenvalue weighted by atomic mass is 10.0. The molecule has 2 atom stereocenters. The van der Waals surface area contributed by atoms with E-state index in [1.165, 1.54) is 11.1 Å². The van der Waals surface area contributed by atoms with Crippen LogP contribution in [0, 0.1) is 0 Å². The van der Waals surface area contributed by atoms with E-state index in [4.69, 9.17) is 0 Å².